The summed E-state index contributed by atoms with van der Waals surface area (Å²) in [4.78, 5) is 9.78. The first-order valence-electron chi connectivity index (χ1n) is 6.66. The van der Waals surface area contributed by atoms with Gasteiger partial charge in [-0.1, -0.05) is 0 Å². The van der Waals surface area contributed by atoms with Gasteiger partial charge in [-0.25, -0.2) is 4.98 Å². The molecule has 108 valence electrons. The smallest absolute Gasteiger partial charge is 0.191 e. The van der Waals surface area contributed by atoms with E-state index in [0.29, 0.717) is 0 Å². The maximum atomic E-state index is 5.28. The van der Waals surface area contributed by atoms with Crippen molar-refractivity contribution >= 4 is 17.3 Å². The standard InChI is InChI=1S/C14H20N4OS/c1-11-10-18-13(20-11)6-8-17-14(15-2)16-7-5-12-4-3-9-19-12/h3-4,9-10H,5-8H2,1-2H3,(H2,15,16,17). The van der Waals surface area contributed by atoms with Crippen LogP contribution in [0.25, 0.3) is 0 Å². The molecule has 6 heteroatoms. The van der Waals surface area contributed by atoms with Gasteiger partial charge in [-0.3, -0.25) is 4.99 Å². The van der Waals surface area contributed by atoms with Gasteiger partial charge < -0.3 is 15.1 Å². The number of aromatic nitrogens is 1. The van der Waals surface area contributed by atoms with Crippen LogP contribution >= 0.6 is 11.3 Å². The topological polar surface area (TPSA) is 62.5 Å². The van der Waals surface area contributed by atoms with Gasteiger partial charge in [0.05, 0.1) is 11.3 Å². The third-order valence-corrected chi connectivity index (χ3v) is 3.74. The summed E-state index contributed by atoms with van der Waals surface area (Å²) in [7, 11) is 1.77. The van der Waals surface area contributed by atoms with Gasteiger partial charge in [0.25, 0.3) is 0 Å². The molecule has 0 radical (unpaired) electrons. The minimum absolute atomic E-state index is 0.795. The number of aliphatic imine (C=N–C) groups is 1. The number of furan rings is 1. The molecule has 0 aliphatic heterocycles. The molecule has 5 nitrogen and oxygen atoms in total. The van der Waals surface area contributed by atoms with Crippen LogP contribution in [0, 0.1) is 6.92 Å². The highest BCUT2D eigenvalue weighted by molar-refractivity contribution is 7.11. The van der Waals surface area contributed by atoms with Crippen LogP contribution in [0.2, 0.25) is 0 Å². The SMILES string of the molecule is CN=C(NCCc1ccco1)NCCc1ncc(C)s1. The predicted octanol–water partition coefficient (Wildman–Crippen LogP) is 1.99. The van der Waals surface area contributed by atoms with Crippen molar-refractivity contribution in [2.75, 3.05) is 20.1 Å². The molecule has 0 unspecified atom stereocenters. The zero-order chi connectivity index (χ0) is 14.2. The van der Waals surface area contributed by atoms with Gasteiger partial charge in [-0.2, -0.15) is 0 Å². The molecule has 0 fully saturated rings. The molecule has 0 aliphatic carbocycles. The van der Waals surface area contributed by atoms with Crippen LogP contribution in [0.1, 0.15) is 15.6 Å². The van der Waals surface area contributed by atoms with Gasteiger partial charge in [0.15, 0.2) is 5.96 Å². The fourth-order valence-electron chi connectivity index (χ4n) is 1.78. The Bertz CT molecular complexity index is 533. The van der Waals surface area contributed by atoms with E-state index in [9.17, 15) is 0 Å². The second-order valence-electron chi connectivity index (χ2n) is 4.37. The summed E-state index contributed by atoms with van der Waals surface area (Å²) in [6, 6.07) is 3.88. The van der Waals surface area contributed by atoms with Crippen LogP contribution in [-0.2, 0) is 12.8 Å². The second-order valence-corrected chi connectivity index (χ2v) is 5.69. The zero-order valence-corrected chi connectivity index (χ0v) is 12.7. The lowest BCUT2D eigenvalue weighted by Crippen LogP contribution is -2.39. The van der Waals surface area contributed by atoms with E-state index in [1.807, 2.05) is 18.3 Å². The first kappa shape index (κ1) is 14.6. The van der Waals surface area contributed by atoms with Crippen molar-refractivity contribution in [3.8, 4) is 0 Å². The molecule has 0 atom stereocenters. The summed E-state index contributed by atoms with van der Waals surface area (Å²) in [6.45, 7) is 3.70. The van der Waals surface area contributed by atoms with Gasteiger partial charge >= 0.3 is 0 Å². The average molecular weight is 292 g/mol. The Balaban J connectivity index is 1.65. The average Bonchev–Trinajstić information content (AvgIpc) is 3.09. The number of aryl methyl sites for hydroxylation is 1. The minimum atomic E-state index is 0.795. The molecule has 0 amide bonds. The minimum Gasteiger partial charge on any atom is -0.469 e. The van der Waals surface area contributed by atoms with Crippen LogP contribution in [0.4, 0.5) is 0 Å². The van der Waals surface area contributed by atoms with Crippen LogP contribution in [0.3, 0.4) is 0 Å². The van der Waals surface area contributed by atoms with Crippen molar-refractivity contribution < 1.29 is 4.42 Å². The number of nitrogens with one attached hydrogen (secondary N) is 2. The van der Waals surface area contributed by atoms with Gasteiger partial charge in [-0.05, 0) is 19.1 Å². The molecule has 0 saturated carbocycles. The Morgan fingerprint density at radius 3 is 2.75 bits per heavy atom. The summed E-state index contributed by atoms with van der Waals surface area (Å²) in [6.07, 6.45) is 5.37. The van der Waals surface area contributed by atoms with E-state index in [0.717, 1.165) is 42.7 Å². The van der Waals surface area contributed by atoms with Gasteiger partial charge in [-0.15, -0.1) is 11.3 Å². The third-order valence-electron chi connectivity index (χ3n) is 2.77. The fourth-order valence-corrected chi connectivity index (χ4v) is 2.57. The molecule has 2 aromatic heterocycles. The van der Waals surface area contributed by atoms with Crippen LogP contribution in [0.5, 0.6) is 0 Å². The molecule has 0 spiro atoms. The molecular formula is C14H20N4OS. The fraction of sp³-hybridized carbons (Fsp3) is 0.429. The number of rotatable bonds is 6. The molecule has 2 N–H and O–H groups in total. The van der Waals surface area contributed by atoms with Crippen molar-refractivity contribution in [2.45, 2.75) is 19.8 Å². The summed E-state index contributed by atoms with van der Waals surface area (Å²) >= 11 is 1.74. The Morgan fingerprint density at radius 2 is 2.15 bits per heavy atom. The Kier molecular flexibility index (Phi) is 5.61. The highest BCUT2D eigenvalue weighted by atomic mass is 32.1. The van der Waals surface area contributed by atoms with Crippen molar-refractivity contribution in [3.63, 3.8) is 0 Å². The van der Waals surface area contributed by atoms with E-state index in [4.69, 9.17) is 4.42 Å². The maximum Gasteiger partial charge on any atom is 0.191 e. The molecule has 20 heavy (non-hydrogen) atoms. The summed E-state index contributed by atoms with van der Waals surface area (Å²) in [5.74, 6) is 1.79. The molecule has 2 rings (SSSR count). The number of hydrogen-bond acceptors (Lipinski definition) is 4. The maximum absolute atomic E-state index is 5.28. The monoisotopic (exact) mass is 292 g/mol. The highest BCUT2D eigenvalue weighted by Gasteiger charge is 2.01. The number of hydrogen-bond donors (Lipinski definition) is 2. The van der Waals surface area contributed by atoms with Crippen molar-refractivity contribution in [1.82, 2.24) is 15.6 Å². The van der Waals surface area contributed by atoms with E-state index in [1.54, 1.807) is 24.6 Å². The lowest BCUT2D eigenvalue weighted by atomic mass is 10.3. The quantitative estimate of drug-likeness (QED) is 0.631. The van der Waals surface area contributed by atoms with Gasteiger partial charge in [0.1, 0.15) is 5.76 Å². The van der Waals surface area contributed by atoms with Crippen molar-refractivity contribution in [3.05, 3.63) is 40.2 Å². The summed E-state index contributed by atoms with van der Waals surface area (Å²) < 4.78 is 5.28. The number of guanidine groups is 1. The lowest BCUT2D eigenvalue weighted by molar-refractivity contribution is 0.507. The van der Waals surface area contributed by atoms with E-state index >= 15 is 0 Å². The normalized spacial score (nSPS) is 11.6. The molecule has 2 heterocycles. The molecule has 0 bridgehead atoms. The first-order chi connectivity index (χ1) is 9.78. The Morgan fingerprint density at radius 1 is 1.35 bits per heavy atom. The first-order valence-corrected chi connectivity index (χ1v) is 7.48. The highest BCUT2D eigenvalue weighted by Crippen LogP contribution is 2.10. The molecule has 0 aliphatic rings. The van der Waals surface area contributed by atoms with E-state index < -0.39 is 0 Å². The van der Waals surface area contributed by atoms with E-state index in [-0.39, 0.29) is 0 Å². The third kappa shape index (κ3) is 4.70. The van der Waals surface area contributed by atoms with Gasteiger partial charge in [0, 0.05) is 44.1 Å². The molecule has 0 saturated heterocycles. The molecular weight excluding hydrogens is 272 g/mol. The Labute approximate surface area is 123 Å². The van der Waals surface area contributed by atoms with Crippen LogP contribution in [0.15, 0.2) is 34.0 Å². The number of thiazole rings is 1. The summed E-state index contributed by atoms with van der Waals surface area (Å²) in [5.41, 5.74) is 0. The molecule has 0 aromatic carbocycles. The van der Waals surface area contributed by atoms with Crippen molar-refractivity contribution in [2.24, 2.45) is 4.99 Å². The predicted molar refractivity (Wildman–Crippen MR) is 82.3 cm³/mol. The van der Waals surface area contributed by atoms with E-state index in [1.165, 1.54) is 4.88 Å². The Hall–Kier alpha value is -1.82. The lowest BCUT2D eigenvalue weighted by Gasteiger charge is -2.10. The molecule has 2 aromatic rings. The zero-order valence-electron chi connectivity index (χ0n) is 11.8. The van der Waals surface area contributed by atoms with Crippen molar-refractivity contribution in [1.29, 1.82) is 0 Å². The second kappa shape index (κ2) is 7.69. The van der Waals surface area contributed by atoms with E-state index in [2.05, 4.69) is 27.5 Å². The largest absolute Gasteiger partial charge is 0.469 e. The van der Waals surface area contributed by atoms with Gasteiger partial charge in [0.2, 0.25) is 0 Å². The van der Waals surface area contributed by atoms with Crippen LogP contribution in [-0.4, -0.2) is 31.1 Å². The van der Waals surface area contributed by atoms with Crippen LogP contribution < -0.4 is 10.6 Å². The summed E-state index contributed by atoms with van der Waals surface area (Å²) in [5, 5.41) is 7.70. The number of nitrogens with zero attached hydrogens (tertiary/aromatic N) is 2.